The Labute approximate surface area is 115 Å². The second-order valence-corrected chi connectivity index (χ2v) is 5.87. The maximum absolute atomic E-state index is 12.2. The molecule has 104 valence electrons. The molecule has 3 nitrogen and oxygen atoms in total. The highest BCUT2D eigenvalue weighted by Gasteiger charge is 2.27. The van der Waals surface area contributed by atoms with Gasteiger partial charge in [0, 0.05) is 31.6 Å². The van der Waals surface area contributed by atoms with E-state index in [-0.39, 0.29) is 11.4 Å². The van der Waals surface area contributed by atoms with Gasteiger partial charge in [0.05, 0.1) is 12.2 Å². The molecule has 0 radical (unpaired) electrons. The van der Waals surface area contributed by atoms with Crippen molar-refractivity contribution in [3.05, 3.63) is 35.4 Å². The van der Waals surface area contributed by atoms with Crippen molar-refractivity contribution in [1.29, 1.82) is 0 Å². The first-order valence-corrected chi connectivity index (χ1v) is 6.93. The van der Waals surface area contributed by atoms with Gasteiger partial charge in [-0.2, -0.15) is 0 Å². The zero-order valence-corrected chi connectivity index (χ0v) is 12.1. The van der Waals surface area contributed by atoms with Crippen LogP contribution in [0.1, 0.15) is 36.2 Å². The van der Waals surface area contributed by atoms with Gasteiger partial charge < -0.3 is 4.74 Å². The Hall–Kier alpha value is -1.19. The summed E-state index contributed by atoms with van der Waals surface area (Å²) in [6, 6.07) is 7.81. The molecule has 3 heteroatoms. The maximum Gasteiger partial charge on any atom is 0.164 e. The zero-order valence-electron chi connectivity index (χ0n) is 12.1. The summed E-state index contributed by atoms with van der Waals surface area (Å²) < 4.78 is 5.68. The Morgan fingerprint density at radius 2 is 2.11 bits per heavy atom. The van der Waals surface area contributed by atoms with Crippen LogP contribution in [0.15, 0.2) is 24.3 Å². The van der Waals surface area contributed by atoms with Gasteiger partial charge >= 0.3 is 0 Å². The quantitative estimate of drug-likeness (QED) is 0.780. The van der Waals surface area contributed by atoms with Gasteiger partial charge in [-0.15, -0.1) is 0 Å². The summed E-state index contributed by atoms with van der Waals surface area (Å²) in [6.45, 7) is 9.58. The fraction of sp³-hybridized carbons (Fsp3) is 0.562. The molecule has 2 rings (SSSR count). The minimum absolute atomic E-state index is 0.0933. The third-order valence-electron chi connectivity index (χ3n) is 3.61. The van der Waals surface area contributed by atoms with Crippen molar-refractivity contribution in [1.82, 2.24) is 4.90 Å². The molecule has 1 aliphatic rings. The Morgan fingerprint density at radius 3 is 2.79 bits per heavy atom. The molecule has 1 heterocycles. The minimum Gasteiger partial charge on any atom is -0.373 e. The van der Waals surface area contributed by atoms with Crippen molar-refractivity contribution < 1.29 is 9.53 Å². The lowest BCUT2D eigenvalue weighted by molar-refractivity contribution is -0.0855. The summed E-state index contributed by atoms with van der Waals surface area (Å²) in [6.07, 6.45) is 0.584. The van der Waals surface area contributed by atoms with Crippen molar-refractivity contribution in [3.8, 4) is 0 Å². The molecule has 0 bridgehead atoms. The molecule has 19 heavy (non-hydrogen) atoms. The third kappa shape index (κ3) is 3.88. The standard InChI is InChI=1S/C16H23NO2/c1-13-6-4-5-7-14(13)15(18)8-9-17-10-11-19-16(2,3)12-17/h4-7H,8-12H2,1-3H3. The van der Waals surface area contributed by atoms with Gasteiger partial charge in [-0.1, -0.05) is 24.3 Å². The molecule has 1 aromatic rings. The van der Waals surface area contributed by atoms with E-state index < -0.39 is 0 Å². The highest BCUT2D eigenvalue weighted by atomic mass is 16.5. The van der Waals surface area contributed by atoms with Gasteiger partial charge in [0.15, 0.2) is 5.78 Å². The lowest BCUT2D eigenvalue weighted by Crippen LogP contribution is -2.48. The molecule has 0 atom stereocenters. The first-order chi connectivity index (χ1) is 8.98. The predicted octanol–water partition coefficient (Wildman–Crippen LogP) is 2.68. The minimum atomic E-state index is -0.0933. The van der Waals surface area contributed by atoms with Crippen LogP contribution < -0.4 is 0 Å². The van der Waals surface area contributed by atoms with Crippen LogP contribution in [-0.2, 0) is 4.74 Å². The van der Waals surface area contributed by atoms with Crippen LogP contribution in [0.3, 0.4) is 0 Å². The summed E-state index contributed by atoms with van der Waals surface area (Å²) in [5.41, 5.74) is 1.83. The Kier molecular flexibility index (Phi) is 4.38. The molecular formula is C16H23NO2. The van der Waals surface area contributed by atoms with E-state index in [1.165, 1.54) is 0 Å². The first kappa shape index (κ1) is 14.2. The van der Waals surface area contributed by atoms with E-state index in [4.69, 9.17) is 4.74 Å². The highest BCUT2D eigenvalue weighted by Crippen LogP contribution is 2.17. The van der Waals surface area contributed by atoms with Crippen molar-refractivity contribution in [3.63, 3.8) is 0 Å². The van der Waals surface area contributed by atoms with Crippen LogP contribution in [0.5, 0.6) is 0 Å². The summed E-state index contributed by atoms with van der Waals surface area (Å²) in [7, 11) is 0. The molecule has 0 saturated carbocycles. The van der Waals surface area contributed by atoms with E-state index in [1.54, 1.807) is 0 Å². The number of ketones is 1. The largest absolute Gasteiger partial charge is 0.373 e. The first-order valence-electron chi connectivity index (χ1n) is 6.93. The number of aryl methyl sites for hydroxylation is 1. The molecular weight excluding hydrogens is 238 g/mol. The third-order valence-corrected chi connectivity index (χ3v) is 3.61. The van der Waals surface area contributed by atoms with Gasteiger partial charge in [0.2, 0.25) is 0 Å². The van der Waals surface area contributed by atoms with E-state index in [0.29, 0.717) is 6.42 Å². The number of carbonyl (C=O) groups is 1. The molecule has 0 aromatic heterocycles. The van der Waals surface area contributed by atoms with E-state index in [9.17, 15) is 4.79 Å². The van der Waals surface area contributed by atoms with E-state index in [0.717, 1.165) is 37.4 Å². The van der Waals surface area contributed by atoms with Crippen molar-refractivity contribution in [2.45, 2.75) is 32.8 Å². The zero-order chi connectivity index (χ0) is 13.9. The van der Waals surface area contributed by atoms with Crippen LogP contribution in [0.4, 0.5) is 0 Å². The molecule has 0 unspecified atom stereocenters. The Bertz CT molecular complexity index is 454. The van der Waals surface area contributed by atoms with E-state index in [1.807, 2.05) is 31.2 Å². The monoisotopic (exact) mass is 261 g/mol. The van der Waals surface area contributed by atoms with Crippen LogP contribution >= 0.6 is 0 Å². The second-order valence-electron chi connectivity index (χ2n) is 5.87. The molecule has 1 saturated heterocycles. The normalized spacial score (nSPS) is 19.3. The second kappa shape index (κ2) is 5.85. The maximum atomic E-state index is 12.2. The molecule has 0 aliphatic carbocycles. The van der Waals surface area contributed by atoms with Crippen molar-refractivity contribution in [2.24, 2.45) is 0 Å². The Balaban J connectivity index is 1.89. The van der Waals surface area contributed by atoms with Gasteiger partial charge in [-0.05, 0) is 26.3 Å². The number of rotatable bonds is 4. The van der Waals surface area contributed by atoms with E-state index >= 15 is 0 Å². The van der Waals surface area contributed by atoms with Gasteiger partial charge in [-0.3, -0.25) is 9.69 Å². The van der Waals surface area contributed by atoms with Crippen molar-refractivity contribution >= 4 is 5.78 Å². The molecule has 0 spiro atoms. The number of hydrogen-bond acceptors (Lipinski definition) is 3. The fourth-order valence-electron chi connectivity index (χ4n) is 2.59. The molecule has 0 N–H and O–H groups in total. The number of nitrogens with zero attached hydrogens (tertiary/aromatic N) is 1. The van der Waals surface area contributed by atoms with Crippen LogP contribution in [0.25, 0.3) is 0 Å². The molecule has 1 fully saturated rings. The number of morpholine rings is 1. The van der Waals surface area contributed by atoms with Gasteiger partial charge in [0.1, 0.15) is 0 Å². The fourth-order valence-corrected chi connectivity index (χ4v) is 2.59. The summed E-state index contributed by atoms with van der Waals surface area (Å²) in [5, 5.41) is 0. The van der Waals surface area contributed by atoms with Gasteiger partial charge in [0.25, 0.3) is 0 Å². The molecule has 0 amide bonds. The summed E-state index contributed by atoms with van der Waals surface area (Å²) in [4.78, 5) is 14.5. The molecule has 1 aliphatic heterocycles. The van der Waals surface area contributed by atoms with Crippen molar-refractivity contribution in [2.75, 3.05) is 26.2 Å². The van der Waals surface area contributed by atoms with Crippen LogP contribution in [0, 0.1) is 6.92 Å². The number of benzene rings is 1. The number of carbonyl (C=O) groups excluding carboxylic acids is 1. The number of Topliss-reactive ketones (excluding diaryl/α,β-unsaturated/α-hetero) is 1. The average Bonchev–Trinajstić information content (AvgIpc) is 2.35. The topological polar surface area (TPSA) is 29.5 Å². The summed E-state index contributed by atoms with van der Waals surface area (Å²) in [5.74, 6) is 0.238. The Morgan fingerprint density at radius 1 is 1.37 bits per heavy atom. The van der Waals surface area contributed by atoms with Crippen LogP contribution in [0.2, 0.25) is 0 Å². The lowest BCUT2D eigenvalue weighted by atomic mass is 10.0. The highest BCUT2D eigenvalue weighted by molar-refractivity contribution is 5.97. The van der Waals surface area contributed by atoms with Crippen LogP contribution in [-0.4, -0.2) is 42.5 Å². The molecule has 1 aromatic carbocycles. The van der Waals surface area contributed by atoms with Gasteiger partial charge in [-0.25, -0.2) is 0 Å². The lowest BCUT2D eigenvalue weighted by Gasteiger charge is -2.38. The predicted molar refractivity (Wildman–Crippen MR) is 76.6 cm³/mol. The average molecular weight is 261 g/mol. The SMILES string of the molecule is Cc1ccccc1C(=O)CCN1CCOC(C)(C)C1. The smallest absolute Gasteiger partial charge is 0.164 e. The number of hydrogen-bond donors (Lipinski definition) is 0. The van der Waals surface area contributed by atoms with E-state index in [2.05, 4.69) is 18.7 Å². The number of ether oxygens (including phenoxy) is 1. The summed E-state index contributed by atoms with van der Waals surface area (Å²) >= 11 is 0.